The van der Waals surface area contributed by atoms with Gasteiger partial charge in [0.25, 0.3) is 0 Å². The fourth-order valence-corrected chi connectivity index (χ4v) is 2.04. The van der Waals surface area contributed by atoms with Gasteiger partial charge in [-0.3, -0.25) is 4.79 Å². The number of rotatable bonds is 6. The number of hydrogen-bond donors (Lipinski definition) is 3. The van der Waals surface area contributed by atoms with Crippen LogP contribution in [-0.2, 0) is 14.3 Å². The summed E-state index contributed by atoms with van der Waals surface area (Å²) in [5.74, 6) is -1.51. The summed E-state index contributed by atoms with van der Waals surface area (Å²) >= 11 is 0. The van der Waals surface area contributed by atoms with Crippen molar-refractivity contribution < 1.29 is 24.2 Å². The molecule has 0 aliphatic rings. The molecule has 7 heteroatoms. The molecule has 0 aromatic heterocycles. The molecule has 0 aliphatic heterocycles. The van der Waals surface area contributed by atoms with E-state index in [1.54, 1.807) is 41.5 Å². The molecule has 3 N–H and O–H groups in total. The topological polar surface area (TPSA) is 105 Å². The van der Waals surface area contributed by atoms with Gasteiger partial charge in [0.15, 0.2) is 0 Å². The Labute approximate surface area is 144 Å². The average Bonchev–Trinajstić information content (AvgIpc) is 2.29. The Kier molecular flexibility index (Phi) is 7.73. The van der Waals surface area contributed by atoms with Crippen LogP contribution in [0.5, 0.6) is 0 Å². The first-order valence-corrected chi connectivity index (χ1v) is 8.16. The number of ether oxygens (including phenoxy) is 1. The van der Waals surface area contributed by atoms with Crippen molar-refractivity contribution in [2.45, 2.75) is 79.5 Å². The number of aliphatic carboxylic acids is 1. The molecular formula is C17H32N2O5. The standard InChI is InChI=1S/C17H32N2O5/c1-10(2)9-11(18-15(23)24-17(6,7)8)13(20)19-12(14(21)22)16(3,4)5/h10-12H,9H2,1-8H3,(H,18,23)(H,19,20)(H,21,22). The van der Waals surface area contributed by atoms with Gasteiger partial charge in [0.2, 0.25) is 5.91 Å². The van der Waals surface area contributed by atoms with E-state index >= 15 is 0 Å². The summed E-state index contributed by atoms with van der Waals surface area (Å²) in [6.07, 6.45) is -0.326. The molecule has 0 aromatic rings. The molecule has 0 aliphatic carbocycles. The summed E-state index contributed by atoms with van der Waals surface area (Å²) in [5, 5.41) is 14.4. The minimum absolute atomic E-state index is 0.133. The van der Waals surface area contributed by atoms with E-state index in [1.807, 2.05) is 13.8 Å². The fourth-order valence-electron chi connectivity index (χ4n) is 2.04. The van der Waals surface area contributed by atoms with Crippen molar-refractivity contribution in [2.75, 3.05) is 0 Å². The molecule has 0 fully saturated rings. The second-order valence-electron chi connectivity index (χ2n) is 8.47. The lowest BCUT2D eigenvalue weighted by Gasteiger charge is -2.30. The van der Waals surface area contributed by atoms with Crippen molar-refractivity contribution in [1.82, 2.24) is 10.6 Å². The van der Waals surface area contributed by atoms with Crippen LogP contribution >= 0.6 is 0 Å². The van der Waals surface area contributed by atoms with Gasteiger partial charge in [0.1, 0.15) is 17.7 Å². The third kappa shape index (κ3) is 8.74. The summed E-state index contributed by atoms with van der Waals surface area (Å²) in [6, 6.07) is -1.91. The van der Waals surface area contributed by atoms with Crippen LogP contribution in [0.1, 0.15) is 61.8 Å². The zero-order valence-electron chi connectivity index (χ0n) is 16.0. The quantitative estimate of drug-likeness (QED) is 0.687. The SMILES string of the molecule is CC(C)CC(NC(=O)OC(C)(C)C)C(=O)NC(C(=O)O)C(C)(C)C. The molecule has 0 rings (SSSR count). The van der Waals surface area contributed by atoms with Gasteiger partial charge >= 0.3 is 12.1 Å². The lowest BCUT2D eigenvalue weighted by atomic mass is 9.86. The normalized spacial score (nSPS) is 14.7. The molecule has 0 bridgehead atoms. The number of carbonyl (C=O) groups excluding carboxylic acids is 2. The van der Waals surface area contributed by atoms with Crippen LogP contribution in [0, 0.1) is 11.3 Å². The van der Waals surface area contributed by atoms with Crippen molar-refractivity contribution >= 4 is 18.0 Å². The molecule has 0 spiro atoms. The molecule has 140 valence electrons. The van der Waals surface area contributed by atoms with Crippen molar-refractivity contribution in [3.05, 3.63) is 0 Å². The van der Waals surface area contributed by atoms with Gasteiger partial charge < -0.3 is 20.5 Å². The Bertz CT molecular complexity index is 461. The maximum atomic E-state index is 12.5. The van der Waals surface area contributed by atoms with Gasteiger partial charge in [-0.15, -0.1) is 0 Å². The van der Waals surface area contributed by atoms with Crippen LogP contribution in [0.3, 0.4) is 0 Å². The van der Waals surface area contributed by atoms with Crippen molar-refractivity contribution in [2.24, 2.45) is 11.3 Å². The lowest BCUT2D eigenvalue weighted by Crippen LogP contribution is -2.56. The molecule has 2 atom stereocenters. The van der Waals surface area contributed by atoms with E-state index in [2.05, 4.69) is 10.6 Å². The number of hydrogen-bond acceptors (Lipinski definition) is 4. The van der Waals surface area contributed by atoms with E-state index in [9.17, 15) is 19.5 Å². The van der Waals surface area contributed by atoms with Crippen molar-refractivity contribution in [1.29, 1.82) is 0 Å². The molecule has 0 saturated heterocycles. The molecule has 0 saturated carbocycles. The number of carboxylic acid groups (broad SMARTS) is 1. The van der Waals surface area contributed by atoms with Crippen LogP contribution in [0.25, 0.3) is 0 Å². The molecular weight excluding hydrogens is 312 g/mol. The van der Waals surface area contributed by atoms with Gasteiger partial charge in [-0.25, -0.2) is 9.59 Å². The van der Waals surface area contributed by atoms with E-state index in [-0.39, 0.29) is 5.92 Å². The monoisotopic (exact) mass is 344 g/mol. The van der Waals surface area contributed by atoms with Gasteiger partial charge in [-0.2, -0.15) is 0 Å². The van der Waals surface area contributed by atoms with E-state index < -0.39 is 41.1 Å². The summed E-state index contributed by atoms with van der Waals surface area (Å²) in [4.78, 5) is 35.8. The van der Waals surface area contributed by atoms with E-state index in [0.29, 0.717) is 6.42 Å². The van der Waals surface area contributed by atoms with Crippen LogP contribution < -0.4 is 10.6 Å². The van der Waals surface area contributed by atoms with Gasteiger partial charge in [0, 0.05) is 0 Å². The highest BCUT2D eigenvalue weighted by Gasteiger charge is 2.35. The molecule has 2 amide bonds. The van der Waals surface area contributed by atoms with Crippen molar-refractivity contribution in [3.8, 4) is 0 Å². The molecule has 0 aromatic carbocycles. The second-order valence-corrected chi connectivity index (χ2v) is 8.47. The first-order valence-electron chi connectivity index (χ1n) is 8.16. The predicted octanol–water partition coefficient (Wildman–Crippen LogP) is 2.54. The van der Waals surface area contributed by atoms with Gasteiger partial charge in [0.05, 0.1) is 0 Å². The lowest BCUT2D eigenvalue weighted by molar-refractivity contribution is -0.145. The highest BCUT2D eigenvalue weighted by molar-refractivity contribution is 5.89. The number of carbonyl (C=O) groups is 3. The predicted molar refractivity (Wildman–Crippen MR) is 91.6 cm³/mol. The summed E-state index contributed by atoms with van der Waals surface area (Å²) in [5.41, 5.74) is -1.34. The van der Waals surface area contributed by atoms with Gasteiger partial charge in [-0.1, -0.05) is 34.6 Å². The minimum atomic E-state index is -1.11. The van der Waals surface area contributed by atoms with E-state index in [1.165, 1.54) is 0 Å². The maximum absolute atomic E-state index is 12.5. The highest BCUT2D eigenvalue weighted by Crippen LogP contribution is 2.20. The molecule has 0 heterocycles. The first kappa shape index (κ1) is 22.2. The summed E-state index contributed by atoms with van der Waals surface area (Å²) in [6.45, 7) is 14.2. The third-order valence-electron chi connectivity index (χ3n) is 3.11. The number of carboxylic acids is 1. The zero-order valence-corrected chi connectivity index (χ0v) is 16.0. The van der Waals surface area contributed by atoms with E-state index in [0.717, 1.165) is 0 Å². The summed E-state index contributed by atoms with van der Waals surface area (Å²) < 4.78 is 5.17. The highest BCUT2D eigenvalue weighted by atomic mass is 16.6. The average molecular weight is 344 g/mol. The number of nitrogens with one attached hydrogen (secondary N) is 2. The zero-order chi connectivity index (χ0) is 19.3. The maximum Gasteiger partial charge on any atom is 0.408 e. The Morgan fingerprint density at radius 2 is 1.50 bits per heavy atom. The van der Waals surface area contributed by atoms with Gasteiger partial charge in [-0.05, 0) is 38.5 Å². The van der Waals surface area contributed by atoms with E-state index in [4.69, 9.17) is 4.74 Å². The Morgan fingerprint density at radius 1 is 1.00 bits per heavy atom. The molecule has 24 heavy (non-hydrogen) atoms. The molecule has 2 unspecified atom stereocenters. The van der Waals surface area contributed by atoms with Crippen LogP contribution in [0.15, 0.2) is 0 Å². The third-order valence-corrected chi connectivity index (χ3v) is 3.11. The Hall–Kier alpha value is -1.79. The smallest absolute Gasteiger partial charge is 0.408 e. The summed E-state index contributed by atoms with van der Waals surface area (Å²) in [7, 11) is 0. The van der Waals surface area contributed by atoms with Crippen LogP contribution in [0.4, 0.5) is 4.79 Å². The van der Waals surface area contributed by atoms with Crippen LogP contribution in [-0.4, -0.2) is 40.8 Å². The van der Waals surface area contributed by atoms with Crippen LogP contribution in [0.2, 0.25) is 0 Å². The molecule has 0 radical (unpaired) electrons. The fraction of sp³-hybridized carbons (Fsp3) is 0.824. The number of amides is 2. The Balaban J connectivity index is 5.13. The minimum Gasteiger partial charge on any atom is -0.480 e. The largest absolute Gasteiger partial charge is 0.480 e. The second kappa shape index (κ2) is 8.35. The first-order chi connectivity index (χ1) is 10.6. The Morgan fingerprint density at radius 3 is 1.83 bits per heavy atom. The molecule has 7 nitrogen and oxygen atoms in total. The number of alkyl carbamates (subject to hydrolysis) is 1. The van der Waals surface area contributed by atoms with Crippen molar-refractivity contribution in [3.63, 3.8) is 0 Å².